The van der Waals surface area contributed by atoms with Crippen molar-refractivity contribution in [3.63, 3.8) is 0 Å². The van der Waals surface area contributed by atoms with Crippen LogP contribution in [0.3, 0.4) is 0 Å². The van der Waals surface area contributed by atoms with E-state index in [1.165, 1.54) is 0 Å². The van der Waals surface area contributed by atoms with E-state index in [1.54, 1.807) is 0 Å². The second kappa shape index (κ2) is 9.71. The lowest BCUT2D eigenvalue weighted by Crippen LogP contribution is -2.60. The zero-order valence-corrected chi connectivity index (χ0v) is 12.9. The van der Waals surface area contributed by atoms with Gasteiger partial charge in [-0.15, -0.1) is 0 Å². The van der Waals surface area contributed by atoms with E-state index in [0.29, 0.717) is 19.4 Å². The molecule has 1 aliphatic rings. The Morgan fingerprint density at radius 1 is 1.17 bits per heavy atom. The van der Waals surface area contributed by atoms with Crippen molar-refractivity contribution in [1.29, 1.82) is 0 Å². The molecule has 1 fully saturated rings. The molecule has 0 aromatic rings. The van der Waals surface area contributed by atoms with Crippen LogP contribution >= 0.6 is 0 Å². The summed E-state index contributed by atoms with van der Waals surface area (Å²) in [5.41, 5.74) is 5.31. The third-order valence-corrected chi connectivity index (χ3v) is 3.61. The zero-order chi connectivity index (χ0) is 18.3. The van der Waals surface area contributed by atoms with E-state index in [0.717, 1.165) is 0 Å². The van der Waals surface area contributed by atoms with Crippen LogP contribution in [0, 0.1) is 0 Å². The van der Waals surface area contributed by atoms with Gasteiger partial charge in [-0.25, -0.2) is 9.59 Å². The minimum absolute atomic E-state index is 0.135. The van der Waals surface area contributed by atoms with E-state index in [2.05, 4.69) is 5.32 Å². The molecule has 1 rings (SSSR count). The van der Waals surface area contributed by atoms with Crippen molar-refractivity contribution < 1.29 is 44.6 Å². The summed E-state index contributed by atoms with van der Waals surface area (Å²) >= 11 is 0. The SMILES string of the molecule is NCCCC[C@H](NC(=O)OC1O[C@H](CO)[C@@H](O)[C@H](O)[C@H]1O)C(=O)O. The molecule has 24 heavy (non-hydrogen) atoms. The molecule has 11 heteroatoms. The first-order chi connectivity index (χ1) is 11.3. The number of nitrogens with two attached hydrogens (primary N) is 1. The van der Waals surface area contributed by atoms with E-state index in [1.807, 2.05) is 0 Å². The van der Waals surface area contributed by atoms with Crippen LogP contribution in [0.1, 0.15) is 19.3 Å². The Morgan fingerprint density at radius 2 is 1.83 bits per heavy atom. The highest BCUT2D eigenvalue weighted by molar-refractivity contribution is 5.79. The number of alkyl carbamates (subject to hydrolysis) is 1. The van der Waals surface area contributed by atoms with Gasteiger partial charge in [-0.1, -0.05) is 0 Å². The minimum atomic E-state index is -1.76. The Kier molecular flexibility index (Phi) is 8.31. The molecule has 0 radical (unpaired) electrons. The maximum Gasteiger partial charge on any atom is 0.410 e. The molecular weight excluding hydrogens is 328 g/mol. The molecule has 1 heterocycles. The normalized spacial score (nSPS) is 31.3. The van der Waals surface area contributed by atoms with Crippen LogP contribution < -0.4 is 11.1 Å². The summed E-state index contributed by atoms with van der Waals surface area (Å²) in [5, 5.41) is 49.1. The van der Waals surface area contributed by atoms with Crippen molar-refractivity contribution in [2.75, 3.05) is 13.2 Å². The zero-order valence-electron chi connectivity index (χ0n) is 12.9. The van der Waals surface area contributed by atoms with Crippen LogP contribution in [0.2, 0.25) is 0 Å². The predicted molar refractivity (Wildman–Crippen MR) is 77.7 cm³/mol. The van der Waals surface area contributed by atoms with Crippen molar-refractivity contribution in [3.05, 3.63) is 0 Å². The number of carboxylic acid groups (broad SMARTS) is 1. The van der Waals surface area contributed by atoms with Crippen LogP contribution in [0.15, 0.2) is 0 Å². The summed E-state index contributed by atoms with van der Waals surface area (Å²) in [6.45, 7) is -0.287. The number of amides is 1. The van der Waals surface area contributed by atoms with Crippen LogP contribution in [0.4, 0.5) is 4.79 Å². The molecule has 0 bridgehead atoms. The van der Waals surface area contributed by atoms with Crippen molar-refractivity contribution in [2.45, 2.75) is 56.0 Å². The molecule has 0 saturated carbocycles. The smallest absolute Gasteiger partial charge is 0.410 e. The lowest BCUT2D eigenvalue weighted by molar-refractivity contribution is -0.285. The number of aliphatic hydroxyl groups is 4. The minimum Gasteiger partial charge on any atom is -0.480 e. The van der Waals surface area contributed by atoms with Crippen molar-refractivity contribution >= 4 is 12.1 Å². The number of hydrogen-bond donors (Lipinski definition) is 7. The Balaban J connectivity index is 2.59. The summed E-state index contributed by atoms with van der Waals surface area (Å²) < 4.78 is 9.73. The van der Waals surface area contributed by atoms with Crippen LogP contribution in [-0.2, 0) is 14.3 Å². The summed E-state index contributed by atoms with van der Waals surface area (Å²) in [4.78, 5) is 22.9. The lowest BCUT2D eigenvalue weighted by atomic mass is 9.99. The molecule has 1 amide bonds. The molecule has 8 N–H and O–H groups in total. The third-order valence-electron chi connectivity index (χ3n) is 3.61. The third kappa shape index (κ3) is 5.54. The molecule has 140 valence electrons. The second-order valence-corrected chi connectivity index (χ2v) is 5.42. The number of carbonyl (C=O) groups is 2. The average Bonchev–Trinajstić information content (AvgIpc) is 2.54. The topological polar surface area (TPSA) is 192 Å². The van der Waals surface area contributed by atoms with Crippen LogP contribution in [0.5, 0.6) is 0 Å². The fourth-order valence-corrected chi connectivity index (χ4v) is 2.20. The van der Waals surface area contributed by atoms with Crippen molar-refractivity contribution in [1.82, 2.24) is 5.32 Å². The standard InChI is InChI=1S/C13H24N2O9/c14-4-2-1-3-6(11(20)21)15-13(22)24-12-10(19)9(18)8(17)7(5-16)23-12/h6-10,12,16-19H,1-5,14H2,(H,15,22)(H,20,21)/t6-,7+,8+,9-,10+,12?/m0/s1. The summed E-state index contributed by atoms with van der Waals surface area (Å²) in [7, 11) is 0. The van der Waals surface area contributed by atoms with Gasteiger partial charge in [0.05, 0.1) is 6.61 Å². The summed E-state index contributed by atoms with van der Waals surface area (Å²) in [5.74, 6) is -1.27. The number of aliphatic hydroxyl groups excluding tert-OH is 4. The van der Waals surface area contributed by atoms with E-state index in [-0.39, 0.29) is 6.42 Å². The lowest BCUT2D eigenvalue weighted by Gasteiger charge is -2.39. The van der Waals surface area contributed by atoms with Gasteiger partial charge in [0.15, 0.2) is 0 Å². The highest BCUT2D eigenvalue weighted by atomic mass is 16.7. The van der Waals surface area contributed by atoms with Gasteiger partial charge in [-0.05, 0) is 25.8 Å². The molecule has 1 unspecified atom stereocenters. The largest absolute Gasteiger partial charge is 0.480 e. The van der Waals surface area contributed by atoms with E-state index in [4.69, 9.17) is 25.4 Å². The maximum atomic E-state index is 11.8. The molecule has 0 aliphatic carbocycles. The number of aliphatic carboxylic acids is 1. The average molecular weight is 352 g/mol. The van der Waals surface area contributed by atoms with Gasteiger partial charge in [-0.2, -0.15) is 0 Å². The van der Waals surface area contributed by atoms with Gasteiger partial charge in [-0.3, -0.25) is 0 Å². The number of hydrogen-bond acceptors (Lipinski definition) is 9. The second-order valence-electron chi connectivity index (χ2n) is 5.42. The molecular formula is C13H24N2O9. The Labute approximate surface area is 138 Å². The molecule has 0 spiro atoms. The molecule has 11 nitrogen and oxygen atoms in total. The predicted octanol–water partition coefficient (Wildman–Crippen LogP) is -2.91. The van der Waals surface area contributed by atoms with Gasteiger partial charge in [0, 0.05) is 0 Å². The fourth-order valence-electron chi connectivity index (χ4n) is 2.20. The van der Waals surface area contributed by atoms with E-state index in [9.17, 15) is 24.9 Å². The quantitative estimate of drug-likeness (QED) is 0.223. The summed E-state index contributed by atoms with van der Waals surface area (Å²) in [6.07, 6.45) is -7.92. The first-order valence-corrected chi connectivity index (χ1v) is 7.52. The highest BCUT2D eigenvalue weighted by Gasteiger charge is 2.45. The first-order valence-electron chi connectivity index (χ1n) is 7.52. The first kappa shape index (κ1) is 20.5. The van der Waals surface area contributed by atoms with Gasteiger partial charge in [0.25, 0.3) is 0 Å². The molecule has 0 aromatic heterocycles. The summed E-state index contributed by atoms with van der Waals surface area (Å²) in [6, 6.07) is -1.21. The van der Waals surface area contributed by atoms with Gasteiger partial charge < -0.3 is 46.1 Å². The monoisotopic (exact) mass is 352 g/mol. The highest BCUT2D eigenvalue weighted by Crippen LogP contribution is 2.22. The van der Waals surface area contributed by atoms with E-state index >= 15 is 0 Å². The Bertz CT molecular complexity index is 420. The van der Waals surface area contributed by atoms with Gasteiger partial charge in [0.2, 0.25) is 6.29 Å². The number of nitrogens with one attached hydrogen (secondary N) is 1. The fraction of sp³-hybridized carbons (Fsp3) is 0.846. The molecule has 1 saturated heterocycles. The van der Waals surface area contributed by atoms with Crippen LogP contribution in [0.25, 0.3) is 0 Å². The number of carboxylic acids is 1. The molecule has 1 aliphatic heterocycles. The Hall–Kier alpha value is -1.50. The molecule has 6 atom stereocenters. The van der Waals surface area contributed by atoms with Gasteiger partial charge in [0.1, 0.15) is 30.5 Å². The number of carbonyl (C=O) groups excluding carboxylic acids is 1. The van der Waals surface area contributed by atoms with Crippen molar-refractivity contribution in [3.8, 4) is 0 Å². The van der Waals surface area contributed by atoms with Crippen molar-refractivity contribution in [2.24, 2.45) is 5.73 Å². The Morgan fingerprint density at radius 3 is 2.38 bits per heavy atom. The van der Waals surface area contributed by atoms with Gasteiger partial charge >= 0.3 is 12.1 Å². The number of rotatable bonds is 8. The van der Waals surface area contributed by atoms with E-state index < -0.39 is 55.4 Å². The molecule has 0 aromatic carbocycles. The number of ether oxygens (including phenoxy) is 2. The number of unbranched alkanes of at least 4 members (excludes halogenated alkanes) is 1. The maximum absolute atomic E-state index is 11.8. The van der Waals surface area contributed by atoms with Crippen LogP contribution in [-0.4, -0.2) is 87.5 Å².